The fourth-order valence-corrected chi connectivity index (χ4v) is 4.27. The highest BCUT2D eigenvalue weighted by atomic mass is 32.2. The summed E-state index contributed by atoms with van der Waals surface area (Å²) < 4.78 is 31.7. The first kappa shape index (κ1) is 15.8. The van der Waals surface area contributed by atoms with Crippen LogP contribution < -0.4 is 4.74 Å². The molecule has 0 spiro atoms. The highest BCUT2D eigenvalue weighted by molar-refractivity contribution is 7.89. The number of nitrogens with zero attached hydrogens (tertiary/aromatic N) is 1. The third kappa shape index (κ3) is 3.54. The Hall–Kier alpha value is -1.60. The van der Waals surface area contributed by atoms with Crippen molar-refractivity contribution in [2.45, 2.75) is 36.6 Å². The lowest BCUT2D eigenvalue weighted by atomic mass is 10.0. The van der Waals surface area contributed by atoms with Crippen LogP contribution in [0.3, 0.4) is 0 Å². The molecule has 1 aromatic carbocycles. The maximum absolute atomic E-state index is 12.7. The number of hydrogen-bond acceptors (Lipinski definition) is 4. The zero-order valence-corrected chi connectivity index (χ0v) is 12.7. The van der Waals surface area contributed by atoms with Crippen LogP contribution in [0.2, 0.25) is 0 Å². The molecule has 0 aromatic heterocycles. The van der Waals surface area contributed by atoms with Crippen LogP contribution in [0.5, 0.6) is 5.75 Å². The molecule has 116 valence electrons. The number of aliphatic carboxylic acids is 1. The molecule has 0 aliphatic carbocycles. The Balaban J connectivity index is 2.28. The molecule has 1 aliphatic rings. The summed E-state index contributed by atoms with van der Waals surface area (Å²) in [5.41, 5.74) is 0. The molecule has 1 heterocycles. The molecule has 1 aromatic rings. The summed E-state index contributed by atoms with van der Waals surface area (Å²) in [6.07, 6.45) is 2.04. The van der Waals surface area contributed by atoms with E-state index in [4.69, 9.17) is 9.84 Å². The van der Waals surface area contributed by atoms with E-state index in [-0.39, 0.29) is 11.3 Å². The monoisotopic (exact) mass is 313 g/mol. The standard InChI is InChI=1S/C14H19NO5S/c1-20-12-5-7-13(8-6-12)21(18,19)15-9-3-2-4-11(15)10-14(16)17/h5-8,11H,2-4,9-10H2,1H3,(H,16,17). The Morgan fingerprint density at radius 1 is 1.33 bits per heavy atom. The van der Waals surface area contributed by atoms with Crippen molar-refractivity contribution < 1.29 is 23.1 Å². The van der Waals surface area contributed by atoms with E-state index in [0.717, 1.165) is 12.8 Å². The molecule has 0 amide bonds. The second-order valence-electron chi connectivity index (χ2n) is 5.04. The Morgan fingerprint density at radius 3 is 2.57 bits per heavy atom. The first-order valence-corrected chi connectivity index (χ1v) is 8.27. The summed E-state index contributed by atoms with van der Waals surface area (Å²) in [4.78, 5) is 11.1. The van der Waals surface area contributed by atoms with Crippen LogP contribution in [0.25, 0.3) is 0 Å². The van der Waals surface area contributed by atoms with E-state index in [1.54, 1.807) is 12.1 Å². The zero-order chi connectivity index (χ0) is 15.5. The summed E-state index contributed by atoms with van der Waals surface area (Å²) in [7, 11) is -2.16. The van der Waals surface area contributed by atoms with Crippen molar-refractivity contribution in [3.05, 3.63) is 24.3 Å². The number of methoxy groups -OCH3 is 1. The van der Waals surface area contributed by atoms with Gasteiger partial charge in [0.15, 0.2) is 0 Å². The van der Waals surface area contributed by atoms with E-state index in [1.807, 2.05) is 0 Å². The topological polar surface area (TPSA) is 83.9 Å². The predicted molar refractivity (Wildman–Crippen MR) is 76.8 cm³/mol. The van der Waals surface area contributed by atoms with Gasteiger partial charge in [-0.05, 0) is 37.1 Å². The molecule has 21 heavy (non-hydrogen) atoms. The number of carbonyl (C=O) groups is 1. The van der Waals surface area contributed by atoms with Crippen LogP contribution in [0.1, 0.15) is 25.7 Å². The Bertz CT molecular complexity index is 596. The molecular formula is C14H19NO5S. The van der Waals surface area contributed by atoms with E-state index in [0.29, 0.717) is 18.7 Å². The number of benzene rings is 1. The van der Waals surface area contributed by atoms with E-state index in [9.17, 15) is 13.2 Å². The van der Waals surface area contributed by atoms with Crippen molar-refractivity contribution >= 4 is 16.0 Å². The van der Waals surface area contributed by atoms with Gasteiger partial charge < -0.3 is 9.84 Å². The Labute approximate surface area is 124 Å². The van der Waals surface area contributed by atoms with Crippen LogP contribution in [-0.2, 0) is 14.8 Å². The van der Waals surface area contributed by atoms with Gasteiger partial charge in [0.2, 0.25) is 10.0 Å². The molecule has 1 aliphatic heterocycles. The van der Waals surface area contributed by atoms with Crippen LogP contribution in [0.4, 0.5) is 0 Å². The Morgan fingerprint density at radius 2 is 2.00 bits per heavy atom. The molecule has 0 radical (unpaired) electrons. The third-order valence-electron chi connectivity index (χ3n) is 3.65. The summed E-state index contributed by atoms with van der Waals surface area (Å²) in [5, 5.41) is 8.95. The van der Waals surface area contributed by atoms with Gasteiger partial charge in [0.1, 0.15) is 5.75 Å². The van der Waals surface area contributed by atoms with Gasteiger partial charge in [-0.2, -0.15) is 4.31 Å². The minimum Gasteiger partial charge on any atom is -0.497 e. The third-order valence-corrected chi connectivity index (χ3v) is 5.62. The number of sulfonamides is 1. The lowest BCUT2D eigenvalue weighted by molar-refractivity contribution is -0.138. The maximum atomic E-state index is 12.7. The summed E-state index contributed by atoms with van der Waals surface area (Å²) in [6.45, 7) is 0.367. The molecule has 2 rings (SSSR count). The number of piperidine rings is 1. The number of ether oxygens (including phenoxy) is 1. The Kier molecular flexibility index (Phi) is 4.84. The van der Waals surface area contributed by atoms with Crippen molar-refractivity contribution in [2.75, 3.05) is 13.7 Å². The average Bonchev–Trinajstić information content (AvgIpc) is 2.47. The largest absolute Gasteiger partial charge is 0.497 e. The minimum absolute atomic E-state index is 0.157. The molecule has 1 fully saturated rings. The second kappa shape index (κ2) is 6.44. The lowest BCUT2D eigenvalue weighted by Gasteiger charge is -2.33. The molecule has 1 N–H and O–H groups in total. The van der Waals surface area contributed by atoms with Gasteiger partial charge in [-0.15, -0.1) is 0 Å². The van der Waals surface area contributed by atoms with E-state index < -0.39 is 22.0 Å². The fraction of sp³-hybridized carbons (Fsp3) is 0.500. The zero-order valence-electron chi connectivity index (χ0n) is 11.9. The summed E-state index contributed by atoms with van der Waals surface area (Å²) >= 11 is 0. The van der Waals surface area contributed by atoms with Crippen molar-refractivity contribution in [1.82, 2.24) is 4.31 Å². The number of carboxylic acids is 1. The first-order valence-electron chi connectivity index (χ1n) is 6.83. The van der Waals surface area contributed by atoms with Crippen LogP contribution >= 0.6 is 0 Å². The quantitative estimate of drug-likeness (QED) is 0.894. The van der Waals surface area contributed by atoms with Crippen molar-refractivity contribution in [2.24, 2.45) is 0 Å². The van der Waals surface area contributed by atoms with Gasteiger partial charge in [-0.3, -0.25) is 4.79 Å². The molecule has 6 nitrogen and oxygen atoms in total. The van der Waals surface area contributed by atoms with E-state index >= 15 is 0 Å². The second-order valence-corrected chi connectivity index (χ2v) is 6.93. The average molecular weight is 313 g/mol. The van der Waals surface area contributed by atoms with E-state index in [1.165, 1.54) is 23.5 Å². The van der Waals surface area contributed by atoms with Crippen LogP contribution in [-0.4, -0.2) is 43.5 Å². The van der Waals surface area contributed by atoms with Gasteiger partial charge in [-0.25, -0.2) is 8.42 Å². The van der Waals surface area contributed by atoms with Crippen molar-refractivity contribution in [3.63, 3.8) is 0 Å². The molecular weight excluding hydrogens is 294 g/mol. The smallest absolute Gasteiger partial charge is 0.304 e. The minimum atomic E-state index is -3.67. The highest BCUT2D eigenvalue weighted by Gasteiger charge is 2.34. The van der Waals surface area contributed by atoms with Crippen LogP contribution in [0, 0.1) is 0 Å². The summed E-state index contributed by atoms with van der Waals surface area (Å²) in [5.74, 6) is -0.397. The fourth-order valence-electron chi connectivity index (χ4n) is 2.58. The van der Waals surface area contributed by atoms with Crippen LogP contribution in [0.15, 0.2) is 29.2 Å². The molecule has 1 unspecified atom stereocenters. The van der Waals surface area contributed by atoms with Gasteiger partial charge in [0, 0.05) is 12.6 Å². The molecule has 0 bridgehead atoms. The lowest BCUT2D eigenvalue weighted by Crippen LogP contribution is -2.44. The number of hydrogen-bond donors (Lipinski definition) is 1. The normalized spacial score (nSPS) is 20.1. The summed E-state index contributed by atoms with van der Waals surface area (Å²) in [6, 6.07) is 5.68. The molecule has 7 heteroatoms. The first-order chi connectivity index (χ1) is 9.95. The number of rotatable bonds is 5. The molecule has 1 saturated heterocycles. The van der Waals surface area contributed by atoms with Crippen molar-refractivity contribution in [1.29, 1.82) is 0 Å². The molecule has 0 saturated carbocycles. The van der Waals surface area contributed by atoms with Gasteiger partial charge >= 0.3 is 5.97 Å². The number of carboxylic acid groups (broad SMARTS) is 1. The molecule has 1 atom stereocenters. The van der Waals surface area contributed by atoms with Gasteiger partial charge in [-0.1, -0.05) is 6.42 Å². The van der Waals surface area contributed by atoms with Gasteiger partial charge in [0.25, 0.3) is 0 Å². The SMILES string of the molecule is COc1ccc(S(=O)(=O)N2CCCCC2CC(=O)O)cc1. The highest BCUT2D eigenvalue weighted by Crippen LogP contribution is 2.27. The van der Waals surface area contributed by atoms with E-state index in [2.05, 4.69) is 0 Å². The van der Waals surface area contributed by atoms with Gasteiger partial charge in [0.05, 0.1) is 18.4 Å². The predicted octanol–water partition coefficient (Wildman–Crippen LogP) is 1.71. The maximum Gasteiger partial charge on any atom is 0.304 e. The van der Waals surface area contributed by atoms with Crippen molar-refractivity contribution in [3.8, 4) is 5.75 Å².